The SMILES string of the molecule is O=C(NCCN1CCOCC1)c1ccn(COc2ccc(Cl)cc2Br)n1. The first-order valence-electron chi connectivity index (χ1n) is 8.31. The lowest BCUT2D eigenvalue weighted by atomic mass is 10.3. The molecule has 26 heavy (non-hydrogen) atoms. The molecule has 0 unspecified atom stereocenters. The van der Waals surface area contributed by atoms with Crippen molar-refractivity contribution >= 4 is 33.4 Å². The second-order valence-corrected chi connectivity index (χ2v) is 7.09. The fourth-order valence-electron chi connectivity index (χ4n) is 2.53. The summed E-state index contributed by atoms with van der Waals surface area (Å²) in [6.45, 7) is 4.90. The number of morpholine rings is 1. The molecule has 0 bridgehead atoms. The summed E-state index contributed by atoms with van der Waals surface area (Å²) in [7, 11) is 0. The fourth-order valence-corrected chi connectivity index (χ4v) is 3.32. The van der Waals surface area contributed by atoms with Crippen LogP contribution in [-0.4, -0.2) is 60.0 Å². The predicted molar refractivity (Wildman–Crippen MR) is 102 cm³/mol. The van der Waals surface area contributed by atoms with Gasteiger partial charge in [0.2, 0.25) is 0 Å². The van der Waals surface area contributed by atoms with Gasteiger partial charge in [0.05, 0.1) is 17.7 Å². The summed E-state index contributed by atoms with van der Waals surface area (Å²) in [6, 6.07) is 6.95. The number of amides is 1. The predicted octanol–water partition coefficient (Wildman–Crippen LogP) is 2.40. The van der Waals surface area contributed by atoms with Crippen LogP contribution in [0.5, 0.6) is 5.75 Å². The van der Waals surface area contributed by atoms with Gasteiger partial charge >= 0.3 is 0 Å². The Kier molecular flexibility index (Phi) is 6.90. The number of nitrogens with zero attached hydrogens (tertiary/aromatic N) is 3. The zero-order chi connectivity index (χ0) is 18.4. The van der Waals surface area contributed by atoms with E-state index in [1.54, 1.807) is 35.1 Å². The first-order chi connectivity index (χ1) is 12.6. The summed E-state index contributed by atoms with van der Waals surface area (Å²) in [5.74, 6) is 0.464. The van der Waals surface area contributed by atoms with Gasteiger partial charge in [0.1, 0.15) is 11.4 Å². The van der Waals surface area contributed by atoms with Gasteiger partial charge in [-0.3, -0.25) is 9.69 Å². The van der Waals surface area contributed by atoms with E-state index < -0.39 is 0 Å². The Hall–Kier alpha value is -1.61. The second kappa shape index (κ2) is 9.36. The van der Waals surface area contributed by atoms with Crippen LogP contribution < -0.4 is 10.1 Å². The smallest absolute Gasteiger partial charge is 0.271 e. The number of benzene rings is 1. The molecule has 1 aliphatic rings. The maximum atomic E-state index is 12.2. The Bertz CT molecular complexity index is 749. The van der Waals surface area contributed by atoms with E-state index in [4.69, 9.17) is 21.1 Å². The highest BCUT2D eigenvalue weighted by molar-refractivity contribution is 9.10. The molecule has 7 nitrogen and oxygen atoms in total. The van der Waals surface area contributed by atoms with E-state index in [9.17, 15) is 4.79 Å². The van der Waals surface area contributed by atoms with Gasteiger partial charge in [0.15, 0.2) is 6.73 Å². The van der Waals surface area contributed by atoms with Gasteiger partial charge < -0.3 is 14.8 Å². The van der Waals surface area contributed by atoms with Crippen molar-refractivity contribution in [3.05, 3.63) is 45.7 Å². The molecule has 1 N–H and O–H groups in total. The Morgan fingerprint density at radius 3 is 2.92 bits per heavy atom. The van der Waals surface area contributed by atoms with Gasteiger partial charge in [-0.25, -0.2) is 4.68 Å². The minimum atomic E-state index is -0.190. The van der Waals surface area contributed by atoms with Gasteiger partial charge in [0, 0.05) is 37.4 Å². The van der Waals surface area contributed by atoms with Crippen molar-refractivity contribution in [2.45, 2.75) is 6.73 Å². The highest BCUT2D eigenvalue weighted by Crippen LogP contribution is 2.28. The number of rotatable bonds is 7. The van der Waals surface area contributed by atoms with Gasteiger partial charge in [-0.1, -0.05) is 11.6 Å². The van der Waals surface area contributed by atoms with Crippen molar-refractivity contribution in [2.75, 3.05) is 39.4 Å². The van der Waals surface area contributed by atoms with E-state index in [-0.39, 0.29) is 12.6 Å². The Morgan fingerprint density at radius 1 is 1.35 bits per heavy atom. The molecule has 2 heterocycles. The number of ether oxygens (including phenoxy) is 2. The average Bonchev–Trinajstić information content (AvgIpc) is 3.11. The van der Waals surface area contributed by atoms with E-state index in [2.05, 4.69) is 31.2 Å². The first-order valence-corrected chi connectivity index (χ1v) is 9.48. The van der Waals surface area contributed by atoms with Gasteiger partial charge in [-0.05, 0) is 40.2 Å². The summed E-state index contributed by atoms with van der Waals surface area (Å²) in [6.07, 6.45) is 1.71. The molecule has 2 aromatic rings. The van der Waals surface area contributed by atoms with E-state index in [0.717, 1.165) is 37.3 Å². The van der Waals surface area contributed by atoms with Crippen molar-refractivity contribution in [3.63, 3.8) is 0 Å². The normalized spacial score (nSPS) is 15.0. The maximum Gasteiger partial charge on any atom is 0.271 e. The third-order valence-electron chi connectivity index (χ3n) is 3.94. The highest BCUT2D eigenvalue weighted by Gasteiger charge is 2.12. The van der Waals surface area contributed by atoms with Crippen LogP contribution in [0.4, 0.5) is 0 Å². The van der Waals surface area contributed by atoms with Crippen molar-refractivity contribution in [2.24, 2.45) is 0 Å². The van der Waals surface area contributed by atoms with Crippen LogP contribution in [0.2, 0.25) is 5.02 Å². The highest BCUT2D eigenvalue weighted by atomic mass is 79.9. The largest absolute Gasteiger partial charge is 0.470 e. The summed E-state index contributed by atoms with van der Waals surface area (Å²) in [5, 5.41) is 7.76. The molecule has 3 rings (SSSR count). The van der Waals surface area contributed by atoms with E-state index in [1.165, 1.54) is 0 Å². The third-order valence-corrected chi connectivity index (χ3v) is 4.79. The topological polar surface area (TPSA) is 68.6 Å². The molecule has 0 atom stereocenters. The molecule has 1 amide bonds. The lowest BCUT2D eigenvalue weighted by molar-refractivity contribution is 0.0383. The molecule has 0 aliphatic carbocycles. The number of carbonyl (C=O) groups excluding carboxylic acids is 1. The lowest BCUT2D eigenvalue weighted by Crippen LogP contribution is -2.41. The van der Waals surface area contributed by atoms with Crippen LogP contribution in [0.15, 0.2) is 34.9 Å². The molecule has 140 valence electrons. The Labute approximate surface area is 165 Å². The van der Waals surface area contributed by atoms with Crippen LogP contribution in [-0.2, 0) is 11.5 Å². The lowest BCUT2D eigenvalue weighted by Gasteiger charge is -2.26. The van der Waals surface area contributed by atoms with Crippen LogP contribution in [0.25, 0.3) is 0 Å². The molecule has 0 saturated carbocycles. The van der Waals surface area contributed by atoms with Crippen LogP contribution in [0.1, 0.15) is 10.5 Å². The maximum absolute atomic E-state index is 12.2. The van der Waals surface area contributed by atoms with Crippen LogP contribution in [0.3, 0.4) is 0 Å². The summed E-state index contributed by atoms with van der Waals surface area (Å²) in [5.41, 5.74) is 0.366. The van der Waals surface area contributed by atoms with Crippen LogP contribution in [0, 0.1) is 0 Å². The molecule has 1 aliphatic heterocycles. The summed E-state index contributed by atoms with van der Waals surface area (Å²) in [4.78, 5) is 14.4. The van der Waals surface area contributed by atoms with Gasteiger partial charge in [-0.2, -0.15) is 5.10 Å². The Morgan fingerprint density at radius 2 is 2.15 bits per heavy atom. The van der Waals surface area contributed by atoms with Crippen molar-refractivity contribution in [1.82, 2.24) is 20.0 Å². The molecular weight excluding hydrogens is 424 g/mol. The van der Waals surface area contributed by atoms with Gasteiger partial charge in [0.25, 0.3) is 5.91 Å². The minimum absolute atomic E-state index is 0.190. The zero-order valence-electron chi connectivity index (χ0n) is 14.2. The van der Waals surface area contributed by atoms with Crippen molar-refractivity contribution < 1.29 is 14.3 Å². The molecular formula is C17H20BrClN4O3. The van der Waals surface area contributed by atoms with Crippen LogP contribution >= 0.6 is 27.5 Å². The number of aromatic nitrogens is 2. The molecule has 1 fully saturated rings. The quantitative estimate of drug-likeness (QED) is 0.712. The Balaban J connectivity index is 1.45. The third kappa shape index (κ3) is 5.44. The number of hydrogen-bond donors (Lipinski definition) is 1. The molecule has 0 radical (unpaired) electrons. The number of nitrogens with one attached hydrogen (secondary N) is 1. The van der Waals surface area contributed by atoms with Gasteiger partial charge in [-0.15, -0.1) is 0 Å². The molecule has 1 aromatic heterocycles. The summed E-state index contributed by atoms with van der Waals surface area (Å²) < 4.78 is 13.3. The standard InChI is InChI=1S/C17H20BrClN4O3/c18-14-11-13(19)1-2-16(14)26-12-23-5-3-15(21-23)17(24)20-4-6-22-7-9-25-10-8-22/h1-3,5,11H,4,6-10,12H2,(H,20,24). The van der Waals surface area contributed by atoms with E-state index in [0.29, 0.717) is 23.0 Å². The molecule has 1 aromatic carbocycles. The van der Waals surface area contributed by atoms with Crippen molar-refractivity contribution in [1.29, 1.82) is 0 Å². The zero-order valence-corrected chi connectivity index (χ0v) is 16.5. The van der Waals surface area contributed by atoms with E-state index >= 15 is 0 Å². The molecule has 0 spiro atoms. The number of hydrogen-bond acceptors (Lipinski definition) is 5. The number of halogens is 2. The first kappa shape index (κ1) is 19.2. The minimum Gasteiger partial charge on any atom is -0.470 e. The number of carbonyl (C=O) groups is 1. The summed E-state index contributed by atoms with van der Waals surface area (Å²) >= 11 is 9.30. The second-order valence-electron chi connectivity index (χ2n) is 5.80. The van der Waals surface area contributed by atoms with Crippen molar-refractivity contribution in [3.8, 4) is 5.75 Å². The average molecular weight is 444 g/mol. The van der Waals surface area contributed by atoms with E-state index in [1.807, 2.05) is 0 Å². The molecule has 9 heteroatoms. The monoisotopic (exact) mass is 442 g/mol. The fraction of sp³-hybridized carbons (Fsp3) is 0.412. The molecule has 1 saturated heterocycles.